The third-order valence-electron chi connectivity index (χ3n) is 3.83. The highest BCUT2D eigenvalue weighted by atomic mass is 16.5. The molecule has 2 rings (SSSR count). The van der Waals surface area contributed by atoms with Crippen LogP contribution in [-0.2, 0) is 0 Å². The summed E-state index contributed by atoms with van der Waals surface area (Å²) in [5.74, 6) is 0.944. The molecule has 1 fully saturated rings. The Morgan fingerprint density at radius 2 is 2.26 bits per heavy atom. The van der Waals surface area contributed by atoms with Gasteiger partial charge in [0.1, 0.15) is 5.75 Å². The summed E-state index contributed by atoms with van der Waals surface area (Å²) in [6.45, 7) is 4.23. The summed E-state index contributed by atoms with van der Waals surface area (Å²) in [6.07, 6.45) is 5.95. The van der Waals surface area contributed by atoms with Gasteiger partial charge in [0.15, 0.2) is 0 Å². The van der Waals surface area contributed by atoms with Gasteiger partial charge in [-0.25, -0.2) is 0 Å². The Kier molecular flexibility index (Phi) is 5.08. The Bertz CT molecular complexity index is 394. The smallest absolute Gasteiger partial charge is 0.121 e. The van der Waals surface area contributed by atoms with Crippen molar-refractivity contribution in [1.29, 1.82) is 0 Å². The maximum Gasteiger partial charge on any atom is 0.121 e. The van der Waals surface area contributed by atoms with E-state index in [1.807, 2.05) is 12.1 Å². The normalized spacial score (nSPS) is 24.8. The first-order valence-electron chi connectivity index (χ1n) is 7.46. The second-order valence-corrected chi connectivity index (χ2v) is 5.63. The molecule has 1 aromatic carbocycles. The maximum atomic E-state index is 6.03. The number of rotatable bonds is 5. The maximum absolute atomic E-state index is 6.03. The summed E-state index contributed by atoms with van der Waals surface area (Å²) in [5.41, 5.74) is 7.17. The first kappa shape index (κ1) is 14.2. The van der Waals surface area contributed by atoms with E-state index < -0.39 is 0 Å². The number of nitrogens with two attached hydrogens (primary N) is 1. The van der Waals surface area contributed by atoms with Gasteiger partial charge in [0.25, 0.3) is 0 Å². The third-order valence-corrected chi connectivity index (χ3v) is 3.83. The highest BCUT2D eigenvalue weighted by Gasteiger charge is 2.18. The number of hydrogen-bond acceptors (Lipinski definition) is 3. The van der Waals surface area contributed by atoms with E-state index >= 15 is 0 Å². The van der Waals surface area contributed by atoms with Crippen molar-refractivity contribution in [3.63, 3.8) is 0 Å². The number of ether oxygens (including phenoxy) is 1. The number of hydrogen-bond donors (Lipinski definition) is 2. The van der Waals surface area contributed by atoms with E-state index in [0.29, 0.717) is 12.1 Å². The number of benzene rings is 1. The van der Waals surface area contributed by atoms with Gasteiger partial charge in [-0.05, 0) is 51.2 Å². The van der Waals surface area contributed by atoms with Crippen molar-refractivity contribution in [2.75, 3.05) is 5.32 Å². The lowest BCUT2D eigenvalue weighted by molar-refractivity contribution is 0.217. The van der Waals surface area contributed by atoms with Crippen molar-refractivity contribution in [2.45, 2.75) is 64.1 Å². The highest BCUT2D eigenvalue weighted by Crippen LogP contribution is 2.24. The summed E-state index contributed by atoms with van der Waals surface area (Å²) in [5, 5.41) is 3.58. The van der Waals surface area contributed by atoms with Crippen LogP contribution < -0.4 is 15.8 Å². The van der Waals surface area contributed by atoms with Gasteiger partial charge in [-0.3, -0.25) is 0 Å². The largest absolute Gasteiger partial charge is 0.491 e. The molecule has 0 aliphatic heterocycles. The molecule has 0 amide bonds. The van der Waals surface area contributed by atoms with Gasteiger partial charge in [0.2, 0.25) is 0 Å². The molecule has 3 heteroatoms. The Balaban J connectivity index is 1.94. The van der Waals surface area contributed by atoms with E-state index in [-0.39, 0.29) is 6.10 Å². The van der Waals surface area contributed by atoms with Crippen LogP contribution in [0.3, 0.4) is 0 Å². The minimum Gasteiger partial charge on any atom is -0.491 e. The van der Waals surface area contributed by atoms with Crippen molar-refractivity contribution in [3.8, 4) is 5.75 Å². The van der Waals surface area contributed by atoms with Gasteiger partial charge in [-0.15, -0.1) is 0 Å². The van der Waals surface area contributed by atoms with E-state index in [4.69, 9.17) is 10.5 Å². The van der Waals surface area contributed by atoms with Crippen LogP contribution in [0.5, 0.6) is 5.75 Å². The molecular formula is C16H26N2O. The van der Waals surface area contributed by atoms with Crippen LogP contribution in [0, 0.1) is 0 Å². The highest BCUT2D eigenvalue weighted by molar-refractivity contribution is 5.49. The summed E-state index contributed by atoms with van der Waals surface area (Å²) in [7, 11) is 0. The van der Waals surface area contributed by atoms with Gasteiger partial charge in [0.05, 0.1) is 6.10 Å². The summed E-state index contributed by atoms with van der Waals surface area (Å²) in [6, 6.07) is 9.11. The van der Waals surface area contributed by atoms with Gasteiger partial charge in [0, 0.05) is 23.8 Å². The predicted octanol–water partition coefficient (Wildman–Crippen LogP) is 3.55. The quantitative estimate of drug-likeness (QED) is 0.853. The Morgan fingerprint density at radius 3 is 3.00 bits per heavy atom. The van der Waals surface area contributed by atoms with Crippen molar-refractivity contribution < 1.29 is 4.74 Å². The molecular weight excluding hydrogens is 236 g/mol. The van der Waals surface area contributed by atoms with Crippen LogP contribution in [0.1, 0.15) is 46.0 Å². The van der Waals surface area contributed by atoms with Crippen LogP contribution in [0.15, 0.2) is 24.3 Å². The average molecular weight is 262 g/mol. The Labute approximate surface area is 116 Å². The van der Waals surface area contributed by atoms with Crippen molar-refractivity contribution in [1.82, 2.24) is 0 Å². The van der Waals surface area contributed by atoms with Crippen molar-refractivity contribution >= 4 is 5.69 Å². The van der Waals surface area contributed by atoms with Crippen LogP contribution in [0.2, 0.25) is 0 Å². The molecule has 19 heavy (non-hydrogen) atoms. The Morgan fingerprint density at radius 1 is 1.42 bits per heavy atom. The van der Waals surface area contributed by atoms with Crippen LogP contribution in [0.4, 0.5) is 5.69 Å². The summed E-state index contributed by atoms with van der Waals surface area (Å²) < 4.78 is 5.85. The van der Waals surface area contributed by atoms with E-state index in [1.165, 1.54) is 12.8 Å². The molecule has 3 unspecified atom stereocenters. The minimum atomic E-state index is 0.262. The SMILES string of the molecule is CCC(C)Oc1cccc(NC2CCCC(N)C2)c1. The van der Waals surface area contributed by atoms with Crippen molar-refractivity contribution in [3.05, 3.63) is 24.3 Å². The molecule has 3 N–H and O–H groups in total. The zero-order valence-corrected chi connectivity index (χ0v) is 12.1. The molecule has 3 nitrogen and oxygen atoms in total. The summed E-state index contributed by atoms with van der Waals surface area (Å²) in [4.78, 5) is 0. The standard InChI is InChI=1S/C16H26N2O/c1-3-12(2)19-16-9-5-8-15(11-16)18-14-7-4-6-13(17)10-14/h5,8-9,11-14,18H,3-4,6-7,10,17H2,1-2H3. The molecule has 106 valence electrons. The molecule has 0 heterocycles. The first-order chi connectivity index (χ1) is 9.17. The second kappa shape index (κ2) is 6.80. The van der Waals surface area contributed by atoms with Gasteiger partial charge in [-0.1, -0.05) is 13.0 Å². The van der Waals surface area contributed by atoms with E-state index in [2.05, 4.69) is 31.3 Å². The van der Waals surface area contributed by atoms with Crippen LogP contribution in [-0.4, -0.2) is 18.2 Å². The van der Waals surface area contributed by atoms with E-state index in [9.17, 15) is 0 Å². The molecule has 0 saturated heterocycles. The molecule has 1 aliphatic carbocycles. The Hall–Kier alpha value is -1.22. The molecule has 1 aromatic rings. The molecule has 0 spiro atoms. The molecule has 1 aliphatic rings. The monoisotopic (exact) mass is 262 g/mol. The average Bonchev–Trinajstić information content (AvgIpc) is 2.39. The van der Waals surface area contributed by atoms with Gasteiger partial charge in [-0.2, -0.15) is 0 Å². The number of nitrogens with one attached hydrogen (secondary N) is 1. The van der Waals surface area contributed by atoms with Gasteiger partial charge < -0.3 is 15.8 Å². The first-order valence-corrected chi connectivity index (χ1v) is 7.46. The molecule has 0 radical (unpaired) electrons. The lowest BCUT2D eigenvalue weighted by atomic mass is 9.91. The summed E-state index contributed by atoms with van der Waals surface area (Å²) >= 11 is 0. The molecule has 0 bridgehead atoms. The lowest BCUT2D eigenvalue weighted by Gasteiger charge is -2.28. The minimum absolute atomic E-state index is 0.262. The van der Waals surface area contributed by atoms with Crippen LogP contribution >= 0.6 is 0 Å². The fourth-order valence-electron chi connectivity index (χ4n) is 2.57. The zero-order chi connectivity index (χ0) is 13.7. The number of anilines is 1. The van der Waals surface area contributed by atoms with Crippen molar-refractivity contribution in [2.24, 2.45) is 5.73 Å². The fourth-order valence-corrected chi connectivity index (χ4v) is 2.57. The lowest BCUT2D eigenvalue weighted by Crippen LogP contribution is -2.34. The molecule has 3 atom stereocenters. The fraction of sp³-hybridized carbons (Fsp3) is 0.625. The van der Waals surface area contributed by atoms with Gasteiger partial charge >= 0.3 is 0 Å². The second-order valence-electron chi connectivity index (χ2n) is 5.63. The molecule has 0 aromatic heterocycles. The topological polar surface area (TPSA) is 47.3 Å². The predicted molar refractivity (Wildman–Crippen MR) is 80.7 cm³/mol. The molecule has 1 saturated carbocycles. The third kappa shape index (κ3) is 4.43. The van der Waals surface area contributed by atoms with E-state index in [0.717, 1.165) is 30.7 Å². The van der Waals surface area contributed by atoms with E-state index in [1.54, 1.807) is 0 Å². The van der Waals surface area contributed by atoms with Crippen LogP contribution in [0.25, 0.3) is 0 Å². The zero-order valence-electron chi connectivity index (χ0n) is 12.1.